The van der Waals surface area contributed by atoms with E-state index in [4.69, 9.17) is 4.74 Å². The number of carbonyl (C=O) groups excluding carboxylic acids is 1. The molecule has 0 bridgehead atoms. The number of aromatic nitrogens is 2. The first-order valence-electron chi connectivity index (χ1n) is 4.73. The molecule has 16 heavy (non-hydrogen) atoms. The summed E-state index contributed by atoms with van der Waals surface area (Å²) in [7, 11) is 0. The molecule has 2 aromatic rings. The third kappa shape index (κ3) is 1.30. The lowest BCUT2D eigenvalue weighted by Crippen LogP contribution is -2.07. The fraction of sp³-hybridized carbons (Fsp3) is 0. The number of fused-ring (bicyclic) bond motifs is 2. The second kappa shape index (κ2) is 3.30. The predicted molar refractivity (Wildman–Crippen MR) is 57.2 cm³/mol. The molecule has 0 fully saturated rings. The van der Waals surface area contributed by atoms with Gasteiger partial charge in [-0.2, -0.15) is 0 Å². The van der Waals surface area contributed by atoms with Crippen LogP contribution in [0.5, 0.6) is 11.5 Å². The summed E-state index contributed by atoms with van der Waals surface area (Å²) >= 11 is 0. The fourth-order valence-electron chi connectivity index (χ4n) is 1.51. The van der Waals surface area contributed by atoms with Crippen LogP contribution < -0.4 is 10.1 Å². The lowest BCUT2D eigenvalue weighted by Gasteiger charge is -2.19. The average Bonchev–Trinajstić information content (AvgIpc) is 2.35. The van der Waals surface area contributed by atoms with Crippen molar-refractivity contribution in [1.29, 1.82) is 0 Å². The summed E-state index contributed by atoms with van der Waals surface area (Å²) in [5.41, 5.74) is 0.825. The number of hydrogen-bond acceptors (Lipinski definition) is 5. The monoisotopic (exact) mass is 213 g/mol. The predicted octanol–water partition coefficient (Wildman–Crippen LogP) is 2.14. The maximum atomic E-state index is 10.5. The molecule has 0 aliphatic carbocycles. The lowest BCUT2D eigenvalue weighted by molar-refractivity contribution is 0.111. The summed E-state index contributed by atoms with van der Waals surface area (Å²) in [5, 5.41) is 3.08. The van der Waals surface area contributed by atoms with Crippen LogP contribution in [0.4, 0.5) is 11.5 Å². The Morgan fingerprint density at radius 2 is 2.12 bits per heavy atom. The van der Waals surface area contributed by atoms with Gasteiger partial charge in [-0.05, 0) is 12.1 Å². The van der Waals surface area contributed by atoms with Crippen LogP contribution in [0.25, 0.3) is 0 Å². The van der Waals surface area contributed by atoms with Gasteiger partial charge in [0, 0.05) is 0 Å². The van der Waals surface area contributed by atoms with Crippen molar-refractivity contribution in [2.75, 3.05) is 5.32 Å². The van der Waals surface area contributed by atoms with E-state index in [0.717, 1.165) is 11.4 Å². The number of anilines is 2. The number of aldehydes is 1. The van der Waals surface area contributed by atoms with Gasteiger partial charge in [-0.1, -0.05) is 12.1 Å². The topological polar surface area (TPSA) is 64.1 Å². The van der Waals surface area contributed by atoms with Gasteiger partial charge >= 0.3 is 0 Å². The molecular formula is C11H7N3O2. The number of rotatable bonds is 1. The van der Waals surface area contributed by atoms with Crippen LogP contribution in [-0.2, 0) is 0 Å². The van der Waals surface area contributed by atoms with Gasteiger partial charge in [0.15, 0.2) is 29.4 Å². The normalized spacial score (nSPS) is 11.8. The van der Waals surface area contributed by atoms with Crippen LogP contribution in [0, 0.1) is 0 Å². The van der Waals surface area contributed by atoms with E-state index in [1.807, 2.05) is 24.3 Å². The number of nitrogens with zero attached hydrogens (tertiary/aromatic N) is 2. The van der Waals surface area contributed by atoms with Crippen LogP contribution >= 0.6 is 0 Å². The van der Waals surface area contributed by atoms with Crippen molar-refractivity contribution in [1.82, 2.24) is 9.97 Å². The van der Waals surface area contributed by atoms with Gasteiger partial charge in [0.1, 0.15) is 0 Å². The minimum Gasteiger partial charge on any atom is -0.450 e. The third-order valence-electron chi connectivity index (χ3n) is 2.24. The zero-order chi connectivity index (χ0) is 11.0. The van der Waals surface area contributed by atoms with Crippen LogP contribution in [0.3, 0.4) is 0 Å². The van der Waals surface area contributed by atoms with E-state index in [0.29, 0.717) is 17.9 Å². The molecule has 0 unspecified atom stereocenters. The zero-order valence-corrected chi connectivity index (χ0v) is 8.18. The molecule has 78 valence electrons. The molecule has 1 aliphatic heterocycles. The lowest BCUT2D eigenvalue weighted by atomic mass is 10.2. The molecule has 5 nitrogen and oxygen atoms in total. The van der Waals surface area contributed by atoms with Gasteiger partial charge in [0.05, 0.1) is 11.9 Å². The van der Waals surface area contributed by atoms with Crippen molar-refractivity contribution in [3.63, 3.8) is 0 Å². The van der Waals surface area contributed by atoms with Crippen LogP contribution in [0.15, 0.2) is 30.5 Å². The molecule has 0 saturated carbocycles. The Hall–Kier alpha value is -2.43. The van der Waals surface area contributed by atoms with Crippen molar-refractivity contribution < 1.29 is 9.53 Å². The minimum absolute atomic E-state index is 0.134. The second-order valence-electron chi connectivity index (χ2n) is 3.28. The summed E-state index contributed by atoms with van der Waals surface area (Å²) < 4.78 is 5.57. The van der Waals surface area contributed by atoms with Gasteiger partial charge in [-0.25, -0.2) is 9.97 Å². The van der Waals surface area contributed by atoms with Crippen molar-refractivity contribution in [2.24, 2.45) is 0 Å². The molecular weight excluding hydrogens is 206 g/mol. The molecule has 0 saturated heterocycles. The molecule has 3 rings (SSSR count). The first-order chi connectivity index (χ1) is 7.86. The standard InChI is InChI=1S/C11H7N3O2/c15-6-10-12-5-9-11(14-10)13-7-3-1-2-4-8(7)16-9/h1-6H,(H,12,13,14). The molecule has 2 heterocycles. The highest BCUT2D eigenvalue weighted by molar-refractivity contribution is 5.75. The number of hydrogen-bond donors (Lipinski definition) is 1. The maximum absolute atomic E-state index is 10.5. The Morgan fingerprint density at radius 3 is 3.00 bits per heavy atom. The van der Waals surface area contributed by atoms with E-state index in [2.05, 4.69) is 15.3 Å². The Bertz CT molecular complexity index is 569. The Labute approximate surface area is 91.1 Å². The van der Waals surface area contributed by atoms with Crippen molar-refractivity contribution in [3.05, 3.63) is 36.3 Å². The number of nitrogens with one attached hydrogen (secondary N) is 1. The van der Waals surface area contributed by atoms with Crippen LogP contribution in [0.2, 0.25) is 0 Å². The molecule has 5 heteroatoms. The second-order valence-corrected chi connectivity index (χ2v) is 3.28. The molecule has 1 N–H and O–H groups in total. The highest BCUT2D eigenvalue weighted by atomic mass is 16.5. The molecule has 1 aromatic heterocycles. The van der Waals surface area contributed by atoms with Crippen molar-refractivity contribution in [2.45, 2.75) is 0 Å². The SMILES string of the molecule is O=Cc1ncc2c(n1)Nc1ccccc1O2. The van der Waals surface area contributed by atoms with E-state index in [1.165, 1.54) is 6.20 Å². The number of carbonyl (C=O) groups is 1. The summed E-state index contributed by atoms with van der Waals surface area (Å²) in [6.45, 7) is 0. The van der Waals surface area contributed by atoms with Crippen molar-refractivity contribution >= 4 is 17.8 Å². The molecule has 1 aliphatic rings. The van der Waals surface area contributed by atoms with Crippen molar-refractivity contribution in [3.8, 4) is 11.5 Å². The summed E-state index contributed by atoms with van der Waals surface area (Å²) in [6, 6.07) is 7.49. The number of para-hydroxylation sites is 2. The molecule has 0 amide bonds. The Balaban J connectivity index is 2.08. The maximum Gasteiger partial charge on any atom is 0.194 e. The van der Waals surface area contributed by atoms with Gasteiger partial charge in [-0.3, -0.25) is 4.79 Å². The highest BCUT2D eigenvalue weighted by Gasteiger charge is 2.17. The van der Waals surface area contributed by atoms with Gasteiger partial charge < -0.3 is 10.1 Å². The van der Waals surface area contributed by atoms with Gasteiger partial charge in [-0.15, -0.1) is 0 Å². The molecule has 0 atom stereocenters. The van der Waals surface area contributed by atoms with E-state index in [9.17, 15) is 4.79 Å². The van der Waals surface area contributed by atoms with Gasteiger partial charge in [0.25, 0.3) is 0 Å². The number of benzene rings is 1. The van der Waals surface area contributed by atoms with E-state index < -0.39 is 0 Å². The molecule has 0 spiro atoms. The zero-order valence-electron chi connectivity index (χ0n) is 8.18. The fourth-order valence-corrected chi connectivity index (χ4v) is 1.51. The molecule has 1 aromatic carbocycles. The largest absolute Gasteiger partial charge is 0.450 e. The van der Waals surface area contributed by atoms with E-state index in [1.54, 1.807) is 0 Å². The average molecular weight is 213 g/mol. The first kappa shape index (κ1) is 8.84. The summed E-state index contributed by atoms with van der Waals surface area (Å²) in [6.07, 6.45) is 2.08. The third-order valence-corrected chi connectivity index (χ3v) is 2.24. The minimum atomic E-state index is 0.134. The van der Waals surface area contributed by atoms with E-state index >= 15 is 0 Å². The number of ether oxygens (including phenoxy) is 1. The van der Waals surface area contributed by atoms with E-state index in [-0.39, 0.29) is 5.82 Å². The van der Waals surface area contributed by atoms with Gasteiger partial charge in [0.2, 0.25) is 0 Å². The Kier molecular flexibility index (Phi) is 1.83. The smallest absolute Gasteiger partial charge is 0.194 e. The molecule has 0 radical (unpaired) electrons. The van der Waals surface area contributed by atoms with Crippen LogP contribution in [0.1, 0.15) is 10.6 Å². The Morgan fingerprint density at radius 1 is 1.25 bits per heavy atom. The summed E-state index contributed by atoms with van der Waals surface area (Å²) in [5.74, 6) is 1.88. The summed E-state index contributed by atoms with van der Waals surface area (Å²) in [4.78, 5) is 18.4. The van der Waals surface area contributed by atoms with Crippen LogP contribution in [-0.4, -0.2) is 16.3 Å². The quantitative estimate of drug-likeness (QED) is 0.627. The highest BCUT2D eigenvalue weighted by Crippen LogP contribution is 2.39. The first-order valence-corrected chi connectivity index (χ1v) is 4.73.